The molecule has 152 valence electrons. The predicted octanol–water partition coefficient (Wildman–Crippen LogP) is 2.58. The zero-order valence-corrected chi connectivity index (χ0v) is 16.4. The summed E-state index contributed by atoms with van der Waals surface area (Å²) in [5.74, 6) is 1.20. The first-order valence-corrected chi connectivity index (χ1v) is 10.8. The topological polar surface area (TPSA) is 60.0 Å². The van der Waals surface area contributed by atoms with Gasteiger partial charge in [-0.05, 0) is 49.8 Å². The molecule has 5 rings (SSSR count). The third-order valence-corrected chi connectivity index (χ3v) is 6.57. The minimum absolute atomic E-state index is 0.0000661. The maximum Gasteiger partial charge on any atom is 0.251 e. The number of ether oxygens (including phenoxy) is 3. The van der Waals surface area contributed by atoms with E-state index in [2.05, 4.69) is 10.2 Å². The second-order valence-corrected chi connectivity index (χ2v) is 8.71. The molecule has 4 aliphatic rings. The highest BCUT2D eigenvalue weighted by Gasteiger charge is 2.43. The third kappa shape index (κ3) is 4.04. The Kier molecular flexibility index (Phi) is 5.03. The maximum absolute atomic E-state index is 12.3. The summed E-state index contributed by atoms with van der Waals surface area (Å²) in [4.78, 5) is 14.8. The van der Waals surface area contributed by atoms with Crippen LogP contribution in [0.4, 0.5) is 0 Å². The average Bonchev–Trinajstić information content (AvgIpc) is 3.42. The van der Waals surface area contributed by atoms with Gasteiger partial charge in [0.1, 0.15) is 11.9 Å². The van der Waals surface area contributed by atoms with Crippen molar-refractivity contribution in [2.75, 3.05) is 32.8 Å². The Bertz CT molecular complexity index is 698. The molecule has 2 saturated heterocycles. The number of hydrogen-bond donors (Lipinski definition) is 1. The predicted molar refractivity (Wildman–Crippen MR) is 104 cm³/mol. The van der Waals surface area contributed by atoms with Gasteiger partial charge in [-0.15, -0.1) is 0 Å². The molecule has 6 nitrogen and oxygen atoms in total. The van der Waals surface area contributed by atoms with Gasteiger partial charge in [0.2, 0.25) is 0 Å². The van der Waals surface area contributed by atoms with Gasteiger partial charge >= 0.3 is 0 Å². The molecule has 1 spiro atoms. The quantitative estimate of drug-likeness (QED) is 0.814. The van der Waals surface area contributed by atoms with Crippen LogP contribution in [0, 0.1) is 5.92 Å². The number of carbonyl (C=O) groups excluding carboxylic acids is 1. The van der Waals surface area contributed by atoms with Gasteiger partial charge < -0.3 is 19.5 Å². The fourth-order valence-electron chi connectivity index (χ4n) is 4.60. The third-order valence-electron chi connectivity index (χ3n) is 6.57. The van der Waals surface area contributed by atoms with Crippen molar-refractivity contribution in [2.45, 2.75) is 56.5 Å². The van der Waals surface area contributed by atoms with Crippen LogP contribution in [0.1, 0.15) is 48.9 Å². The Hall–Kier alpha value is -1.63. The normalized spacial score (nSPS) is 25.6. The van der Waals surface area contributed by atoms with Gasteiger partial charge in [-0.3, -0.25) is 9.69 Å². The van der Waals surface area contributed by atoms with Crippen LogP contribution < -0.4 is 10.1 Å². The lowest BCUT2D eigenvalue weighted by Crippen LogP contribution is -2.59. The van der Waals surface area contributed by atoms with Gasteiger partial charge in [-0.2, -0.15) is 0 Å². The second kappa shape index (κ2) is 7.65. The molecule has 1 aromatic rings. The van der Waals surface area contributed by atoms with Crippen LogP contribution in [-0.2, 0) is 9.47 Å². The average molecular weight is 386 g/mol. The van der Waals surface area contributed by atoms with Gasteiger partial charge in [0.05, 0.1) is 13.2 Å². The number of hydrogen-bond acceptors (Lipinski definition) is 5. The highest BCUT2D eigenvalue weighted by Crippen LogP contribution is 2.38. The first-order valence-electron chi connectivity index (χ1n) is 10.8. The van der Waals surface area contributed by atoms with Crippen molar-refractivity contribution in [3.8, 4) is 5.75 Å². The Morgan fingerprint density at radius 3 is 2.61 bits per heavy atom. The van der Waals surface area contributed by atoms with Gasteiger partial charge in [0, 0.05) is 44.1 Å². The molecule has 0 unspecified atom stereocenters. The maximum atomic E-state index is 12.3. The summed E-state index contributed by atoms with van der Waals surface area (Å²) in [6.07, 6.45) is 6.94. The summed E-state index contributed by atoms with van der Waals surface area (Å²) in [6.45, 7) is 4.18. The van der Waals surface area contributed by atoms with Gasteiger partial charge in [0.25, 0.3) is 5.91 Å². The smallest absolute Gasteiger partial charge is 0.251 e. The van der Waals surface area contributed by atoms with Crippen molar-refractivity contribution in [3.05, 3.63) is 29.8 Å². The van der Waals surface area contributed by atoms with Crippen molar-refractivity contribution in [1.29, 1.82) is 0 Å². The SMILES string of the molecule is O=C(NCC1CC1)c1cccc(OC2CN(C3CCC4(CC3)OCCO4)C2)c1. The molecule has 0 radical (unpaired) electrons. The molecule has 28 heavy (non-hydrogen) atoms. The molecule has 1 amide bonds. The van der Waals surface area contributed by atoms with Crippen molar-refractivity contribution >= 4 is 5.91 Å². The molecular formula is C22H30N2O4. The Morgan fingerprint density at radius 2 is 1.89 bits per heavy atom. The van der Waals surface area contributed by atoms with Crippen molar-refractivity contribution in [1.82, 2.24) is 10.2 Å². The molecule has 2 heterocycles. The van der Waals surface area contributed by atoms with Crippen LogP contribution >= 0.6 is 0 Å². The highest BCUT2D eigenvalue weighted by molar-refractivity contribution is 5.94. The van der Waals surface area contributed by atoms with Crippen molar-refractivity contribution in [2.24, 2.45) is 5.92 Å². The van der Waals surface area contributed by atoms with Crippen LogP contribution in [0.3, 0.4) is 0 Å². The standard InChI is InChI=1S/C22H30N2O4/c25-21(23-13-16-4-5-16)17-2-1-3-19(12-17)28-20-14-24(15-20)18-6-8-22(9-7-18)26-10-11-27-22/h1-3,12,16,18,20H,4-11,13-15H2,(H,23,25). The first-order chi connectivity index (χ1) is 13.7. The summed E-state index contributed by atoms with van der Waals surface area (Å²) in [7, 11) is 0. The largest absolute Gasteiger partial charge is 0.488 e. The van der Waals surface area contributed by atoms with E-state index in [-0.39, 0.29) is 17.8 Å². The molecule has 2 aliphatic carbocycles. The van der Waals surface area contributed by atoms with Crippen LogP contribution in [0.15, 0.2) is 24.3 Å². The number of nitrogens with one attached hydrogen (secondary N) is 1. The summed E-state index contributed by atoms with van der Waals surface area (Å²) >= 11 is 0. The lowest BCUT2D eigenvalue weighted by Gasteiger charge is -2.47. The van der Waals surface area contributed by atoms with Crippen LogP contribution in [0.25, 0.3) is 0 Å². The van der Waals surface area contributed by atoms with E-state index in [9.17, 15) is 4.79 Å². The lowest BCUT2D eigenvalue weighted by molar-refractivity contribution is -0.187. The molecule has 2 saturated carbocycles. The van der Waals surface area contributed by atoms with E-state index in [1.807, 2.05) is 24.3 Å². The summed E-state index contributed by atoms with van der Waals surface area (Å²) < 4.78 is 17.8. The van der Waals surface area contributed by atoms with Crippen molar-refractivity contribution in [3.63, 3.8) is 0 Å². The molecule has 6 heteroatoms. The summed E-state index contributed by atoms with van der Waals surface area (Å²) in [5.41, 5.74) is 0.684. The van der Waals surface area contributed by atoms with Gasteiger partial charge in [-0.1, -0.05) is 6.07 Å². The van der Waals surface area contributed by atoms with Crippen LogP contribution in [-0.4, -0.2) is 61.6 Å². The highest BCUT2D eigenvalue weighted by atomic mass is 16.7. The van der Waals surface area contributed by atoms with E-state index >= 15 is 0 Å². The lowest BCUT2D eigenvalue weighted by atomic mass is 9.87. The van der Waals surface area contributed by atoms with E-state index in [4.69, 9.17) is 14.2 Å². The molecule has 4 fully saturated rings. The number of rotatable bonds is 6. The molecule has 2 aliphatic heterocycles. The second-order valence-electron chi connectivity index (χ2n) is 8.71. The number of nitrogens with zero attached hydrogens (tertiary/aromatic N) is 1. The first kappa shape index (κ1) is 18.4. The number of likely N-dealkylation sites (tertiary alicyclic amines) is 1. The van der Waals surface area contributed by atoms with E-state index in [0.29, 0.717) is 17.5 Å². The number of benzene rings is 1. The Labute approximate surface area is 166 Å². The molecule has 0 aromatic heterocycles. The van der Waals surface area contributed by atoms with E-state index in [1.165, 1.54) is 12.8 Å². The molecule has 0 atom stereocenters. The minimum atomic E-state index is -0.280. The van der Waals surface area contributed by atoms with Gasteiger partial charge in [-0.25, -0.2) is 0 Å². The molecular weight excluding hydrogens is 356 g/mol. The van der Waals surface area contributed by atoms with E-state index < -0.39 is 0 Å². The number of carbonyl (C=O) groups is 1. The zero-order valence-electron chi connectivity index (χ0n) is 16.4. The van der Waals surface area contributed by atoms with E-state index in [1.54, 1.807) is 0 Å². The Balaban J connectivity index is 1.08. The fourth-order valence-corrected chi connectivity index (χ4v) is 4.60. The monoisotopic (exact) mass is 386 g/mol. The van der Waals surface area contributed by atoms with E-state index in [0.717, 1.165) is 64.3 Å². The fraction of sp³-hybridized carbons (Fsp3) is 0.682. The molecule has 0 bridgehead atoms. The summed E-state index contributed by atoms with van der Waals surface area (Å²) in [6, 6.07) is 8.18. The van der Waals surface area contributed by atoms with Gasteiger partial charge in [0.15, 0.2) is 5.79 Å². The molecule has 1 aromatic carbocycles. The van der Waals surface area contributed by atoms with Crippen LogP contribution in [0.5, 0.6) is 5.75 Å². The van der Waals surface area contributed by atoms with Crippen molar-refractivity contribution < 1.29 is 19.0 Å². The molecule has 1 N–H and O–H groups in total. The Morgan fingerprint density at radius 1 is 1.14 bits per heavy atom. The zero-order chi connectivity index (χ0) is 19.0. The minimum Gasteiger partial charge on any atom is -0.488 e. The summed E-state index contributed by atoms with van der Waals surface area (Å²) in [5, 5.41) is 3.02. The number of amides is 1. The van der Waals surface area contributed by atoms with Crippen LogP contribution in [0.2, 0.25) is 0 Å².